The molecule has 1 N–H and O–H groups in total. The van der Waals surface area contributed by atoms with Crippen LogP contribution in [0.2, 0.25) is 5.02 Å². The predicted octanol–water partition coefficient (Wildman–Crippen LogP) is 3.50. The van der Waals surface area contributed by atoms with Crippen molar-refractivity contribution >= 4 is 39.1 Å². The minimum absolute atomic E-state index is 0.196. The Kier molecular flexibility index (Phi) is 9.25. The Hall–Kier alpha value is -2.65. The second-order valence-electron chi connectivity index (χ2n) is 7.78. The van der Waals surface area contributed by atoms with E-state index in [1.54, 1.807) is 25.1 Å². The molecule has 0 saturated carbocycles. The fraction of sp³-hybridized carbons (Fsp3) is 0.391. The largest absolute Gasteiger partial charge is 0.354 e. The molecule has 2 amide bonds. The van der Waals surface area contributed by atoms with E-state index in [4.69, 9.17) is 11.6 Å². The van der Waals surface area contributed by atoms with Gasteiger partial charge < -0.3 is 10.2 Å². The molecule has 2 aromatic carbocycles. The first-order chi connectivity index (χ1) is 15.5. The summed E-state index contributed by atoms with van der Waals surface area (Å²) >= 11 is 6.06. The number of benzene rings is 2. The molecule has 0 aromatic heterocycles. The summed E-state index contributed by atoms with van der Waals surface area (Å²) in [5, 5.41) is 3.04. The van der Waals surface area contributed by atoms with E-state index in [1.165, 1.54) is 36.1 Å². The number of nitrogens with zero attached hydrogens (tertiary/aromatic N) is 2. The fourth-order valence-corrected chi connectivity index (χ4v) is 4.30. The molecule has 33 heavy (non-hydrogen) atoms. The van der Waals surface area contributed by atoms with Gasteiger partial charge in [0.15, 0.2) is 0 Å². The average Bonchev–Trinajstić information content (AvgIpc) is 2.75. The summed E-state index contributed by atoms with van der Waals surface area (Å²) in [4.78, 5) is 27.2. The predicted molar refractivity (Wildman–Crippen MR) is 128 cm³/mol. The minimum atomic E-state index is -3.87. The lowest BCUT2D eigenvalue weighted by atomic mass is 10.1. The van der Waals surface area contributed by atoms with E-state index >= 15 is 0 Å². The third-order valence-electron chi connectivity index (χ3n) is 5.13. The molecule has 0 saturated heterocycles. The third-order valence-corrected chi connectivity index (χ3v) is 6.50. The summed E-state index contributed by atoms with van der Waals surface area (Å²) < 4.78 is 40.4. The van der Waals surface area contributed by atoms with Crippen LogP contribution in [0, 0.1) is 12.7 Å². The molecule has 0 aliphatic carbocycles. The SMILES string of the molecule is CCCNC(=O)C(C)N(Cc1ccccc1F)C(=O)CN(c1cc(Cl)ccc1C)S(C)(=O)=O. The number of carbonyl (C=O) groups excluding carboxylic acids is 2. The van der Waals surface area contributed by atoms with Gasteiger partial charge in [0.1, 0.15) is 18.4 Å². The molecule has 0 spiro atoms. The highest BCUT2D eigenvalue weighted by atomic mass is 35.5. The second kappa shape index (κ2) is 11.5. The van der Waals surface area contributed by atoms with E-state index in [2.05, 4.69) is 5.32 Å². The van der Waals surface area contributed by atoms with Crippen LogP contribution in [-0.4, -0.2) is 50.5 Å². The third kappa shape index (κ3) is 7.17. The highest BCUT2D eigenvalue weighted by Crippen LogP contribution is 2.26. The van der Waals surface area contributed by atoms with E-state index < -0.39 is 40.2 Å². The summed E-state index contributed by atoms with van der Waals surface area (Å²) in [5.41, 5.74) is 1.07. The lowest BCUT2D eigenvalue weighted by Gasteiger charge is -2.32. The maximum Gasteiger partial charge on any atom is 0.244 e. The monoisotopic (exact) mass is 497 g/mol. The number of anilines is 1. The molecule has 0 fully saturated rings. The fourth-order valence-electron chi connectivity index (χ4n) is 3.23. The first-order valence-electron chi connectivity index (χ1n) is 10.5. The molecule has 0 radical (unpaired) electrons. The van der Waals surface area contributed by atoms with E-state index in [0.29, 0.717) is 23.6 Å². The van der Waals surface area contributed by atoms with Gasteiger partial charge in [0.25, 0.3) is 0 Å². The number of carbonyl (C=O) groups is 2. The number of nitrogens with one attached hydrogen (secondary N) is 1. The molecule has 2 rings (SSSR count). The Morgan fingerprint density at radius 2 is 1.85 bits per heavy atom. The van der Waals surface area contributed by atoms with Crippen LogP contribution in [0.4, 0.5) is 10.1 Å². The van der Waals surface area contributed by atoms with Crippen LogP contribution < -0.4 is 9.62 Å². The van der Waals surface area contributed by atoms with Crippen LogP contribution in [0.3, 0.4) is 0 Å². The molecule has 0 heterocycles. The zero-order chi connectivity index (χ0) is 24.8. The quantitative estimate of drug-likeness (QED) is 0.544. The lowest BCUT2D eigenvalue weighted by molar-refractivity contribution is -0.139. The molecule has 1 atom stereocenters. The molecule has 180 valence electrons. The van der Waals surface area contributed by atoms with Crippen molar-refractivity contribution < 1.29 is 22.4 Å². The molecule has 0 bridgehead atoms. The number of halogens is 2. The standard InChI is InChI=1S/C23H29ClFN3O4S/c1-5-12-26-23(30)17(3)27(14-18-8-6-7-9-20(18)25)22(29)15-28(33(4,31)32)21-13-19(24)11-10-16(21)2/h6-11,13,17H,5,12,14-15H2,1-4H3,(H,26,30). The molecule has 0 aliphatic heterocycles. The molecule has 7 nitrogen and oxygen atoms in total. The highest BCUT2D eigenvalue weighted by molar-refractivity contribution is 7.92. The van der Waals surface area contributed by atoms with Crippen molar-refractivity contribution in [2.75, 3.05) is 23.7 Å². The Balaban J connectivity index is 2.43. The first-order valence-corrected chi connectivity index (χ1v) is 12.7. The van der Waals surface area contributed by atoms with E-state index in [-0.39, 0.29) is 17.8 Å². The Morgan fingerprint density at radius 1 is 1.18 bits per heavy atom. The van der Waals surface area contributed by atoms with Gasteiger partial charge in [0, 0.05) is 23.7 Å². The van der Waals surface area contributed by atoms with Gasteiger partial charge in [-0.1, -0.05) is 42.8 Å². The normalized spacial score (nSPS) is 12.2. The van der Waals surface area contributed by atoms with Gasteiger partial charge in [0.05, 0.1) is 11.9 Å². The number of amides is 2. The van der Waals surface area contributed by atoms with Gasteiger partial charge in [0.2, 0.25) is 21.8 Å². The lowest BCUT2D eigenvalue weighted by Crippen LogP contribution is -2.51. The van der Waals surface area contributed by atoms with Crippen LogP contribution in [-0.2, 0) is 26.2 Å². The zero-order valence-electron chi connectivity index (χ0n) is 19.1. The van der Waals surface area contributed by atoms with Crippen molar-refractivity contribution in [3.05, 3.63) is 64.4 Å². The van der Waals surface area contributed by atoms with E-state index in [0.717, 1.165) is 10.6 Å². The van der Waals surface area contributed by atoms with E-state index in [9.17, 15) is 22.4 Å². The van der Waals surface area contributed by atoms with Gasteiger partial charge in [-0.25, -0.2) is 12.8 Å². The maximum absolute atomic E-state index is 14.3. The smallest absolute Gasteiger partial charge is 0.244 e. The molecular formula is C23H29ClFN3O4S. The molecule has 2 aromatic rings. The van der Waals surface area contributed by atoms with Crippen molar-refractivity contribution in [3.63, 3.8) is 0 Å². The highest BCUT2D eigenvalue weighted by Gasteiger charge is 2.31. The Labute approximate surface area is 199 Å². The summed E-state index contributed by atoms with van der Waals surface area (Å²) in [6.07, 6.45) is 1.69. The Morgan fingerprint density at radius 3 is 2.45 bits per heavy atom. The van der Waals surface area contributed by atoms with Crippen LogP contribution in [0.1, 0.15) is 31.4 Å². The van der Waals surface area contributed by atoms with Crippen molar-refractivity contribution in [2.45, 2.75) is 39.8 Å². The van der Waals surface area contributed by atoms with Crippen molar-refractivity contribution in [1.82, 2.24) is 10.2 Å². The van der Waals surface area contributed by atoms with Gasteiger partial charge in [-0.15, -0.1) is 0 Å². The van der Waals surface area contributed by atoms with E-state index in [1.807, 2.05) is 6.92 Å². The zero-order valence-corrected chi connectivity index (χ0v) is 20.7. The first kappa shape index (κ1) is 26.6. The van der Waals surface area contributed by atoms with Gasteiger partial charge >= 0.3 is 0 Å². The topological polar surface area (TPSA) is 86.8 Å². The van der Waals surface area contributed by atoms with Crippen LogP contribution >= 0.6 is 11.6 Å². The van der Waals surface area contributed by atoms with Gasteiger partial charge in [-0.3, -0.25) is 13.9 Å². The minimum Gasteiger partial charge on any atom is -0.354 e. The van der Waals surface area contributed by atoms with Gasteiger partial charge in [-0.2, -0.15) is 0 Å². The average molecular weight is 498 g/mol. The molecule has 1 unspecified atom stereocenters. The summed E-state index contributed by atoms with van der Waals surface area (Å²) in [6.45, 7) is 4.77. The molecular weight excluding hydrogens is 469 g/mol. The molecule has 0 aliphatic rings. The second-order valence-corrected chi connectivity index (χ2v) is 10.1. The maximum atomic E-state index is 14.3. The summed E-state index contributed by atoms with van der Waals surface area (Å²) in [6, 6.07) is 9.71. The summed E-state index contributed by atoms with van der Waals surface area (Å²) in [7, 11) is -3.87. The van der Waals surface area contributed by atoms with Crippen molar-refractivity contribution in [3.8, 4) is 0 Å². The number of hydrogen-bond acceptors (Lipinski definition) is 4. The number of aryl methyl sites for hydroxylation is 1. The summed E-state index contributed by atoms with van der Waals surface area (Å²) in [5.74, 6) is -1.59. The number of rotatable bonds is 10. The number of hydrogen-bond donors (Lipinski definition) is 1. The van der Waals surface area contributed by atoms with Crippen LogP contribution in [0.15, 0.2) is 42.5 Å². The molecule has 10 heteroatoms. The Bertz CT molecular complexity index is 1110. The van der Waals surface area contributed by atoms with Crippen LogP contribution in [0.5, 0.6) is 0 Å². The van der Waals surface area contributed by atoms with Crippen molar-refractivity contribution in [2.24, 2.45) is 0 Å². The van der Waals surface area contributed by atoms with Crippen molar-refractivity contribution in [1.29, 1.82) is 0 Å². The van der Waals surface area contributed by atoms with Gasteiger partial charge in [-0.05, 0) is 44.0 Å². The number of sulfonamides is 1. The van der Waals surface area contributed by atoms with Crippen LogP contribution in [0.25, 0.3) is 0 Å².